The second-order valence-corrected chi connectivity index (χ2v) is 5.32. The van der Waals surface area contributed by atoms with Crippen molar-refractivity contribution in [2.45, 2.75) is 33.7 Å². The van der Waals surface area contributed by atoms with Gasteiger partial charge in [-0.3, -0.25) is 4.39 Å². The van der Waals surface area contributed by atoms with E-state index in [0.717, 1.165) is 23.4 Å². The minimum Gasteiger partial charge on any atom is -0.491 e. The second-order valence-electron chi connectivity index (χ2n) is 5.32. The Kier molecular flexibility index (Phi) is 14.5. The van der Waals surface area contributed by atoms with E-state index in [2.05, 4.69) is 15.6 Å². The summed E-state index contributed by atoms with van der Waals surface area (Å²) in [6.45, 7) is 9.25. The van der Waals surface area contributed by atoms with Crippen LogP contribution in [0.15, 0.2) is 23.2 Å². The molecule has 0 amide bonds. The maximum atomic E-state index is 12.2. The number of nitrogens with zero attached hydrogens (tertiary/aromatic N) is 1. The molecule has 0 heterocycles. The van der Waals surface area contributed by atoms with E-state index in [1.165, 1.54) is 0 Å². The summed E-state index contributed by atoms with van der Waals surface area (Å²) in [5, 5.41) is 6.28. The van der Waals surface area contributed by atoms with Crippen LogP contribution < -0.4 is 15.4 Å². The van der Waals surface area contributed by atoms with Crippen LogP contribution in [0.4, 0.5) is 4.39 Å². The average molecular weight is 467 g/mol. The highest BCUT2D eigenvalue weighted by Gasteiger charge is 2.05. The van der Waals surface area contributed by atoms with Crippen molar-refractivity contribution in [1.29, 1.82) is 0 Å². The molecule has 0 aliphatic carbocycles. The first-order valence-corrected chi connectivity index (χ1v) is 8.59. The van der Waals surface area contributed by atoms with E-state index in [1.54, 1.807) is 0 Å². The molecule has 0 aliphatic heterocycles. The SMILES string of the molecule is CCNC(=NCc1ccc(C)cc1OCCOCC)NCCCF.I. The van der Waals surface area contributed by atoms with E-state index < -0.39 is 0 Å². The van der Waals surface area contributed by atoms with Crippen molar-refractivity contribution in [3.63, 3.8) is 0 Å². The van der Waals surface area contributed by atoms with Gasteiger partial charge in [0.05, 0.1) is 19.8 Å². The summed E-state index contributed by atoms with van der Waals surface area (Å²) < 4.78 is 23.4. The summed E-state index contributed by atoms with van der Waals surface area (Å²) in [5.41, 5.74) is 2.15. The molecule has 0 bridgehead atoms. The van der Waals surface area contributed by atoms with Crippen LogP contribution in [0, 0.1) is 6.92 Å². The molecule has 7 heteroatoms. The Bertz CT molecular complexity index is 501. The van der Waals surface area contributed by atoms with Crippen molar-refractivity contribution in [3.05, 3.63) is 29.3 Å². The Morgan fingerprint density at radius 1 is 1.20 bits per heavy atom. The van der Waals surface area contributed by atoms with Crippen molar-refractivity contribution in [3.8, 4) is 5.75 Å². The molecule has 0 radical (unpaired) electrons. The molecule has 0 saturated carbocycles. The van der Waals surface area contributed by atoms with Gasteiger partial charge in [0.2, 0.25) is 0 Å². The zero-order valence-electron chi connectivity index (χ0n) is 15.4. The number of ether oxygens (including phenoxy) is 2. The monoisotopic (exact) mass is 467 g/mol. The second kappa shape index (κ2) is 15.2. The molecule has 5 nitrogen and oxygen atoms in total. The molecule has 1 aromatic rings. The first-order chi connectivity index (χ1) is 11.7. The zero-order valence-corrected chi connectivity index (χ0v) is 17.8. The van der Waals surface area contributed by atoms with Crippen molar-refractivity contribution in [2.24, 2.45) is 4.99 Å². The van der Waals surface area contributed by atoms with Crippen molar-refractivity contribution < 1.29 is 13.9 Å². The van der Waals surface area contributed by atoms with E-state index in [0.29, 0.717) is 45.3 Å². The van der Waals surface area contributed by atoms with Gasteiger partial charge in [-0.1, -0.05) is 12.1 Å². The summed E-state index contributed by atoms with van der Waals surface area (Å²) in [7, 11) is 0. The number of alkyl halides is 1. The number of halogens is 2. The largest absolute Gasteiger partial charge is 0.491 e. The van der Waals surface area contributed by atoms with Gasteiger partial charge in [0.15, 0.2) is 5.96 Å². The summed E-state index contributed by atoms with van der Waals surface area (Å²) >= 11 is 0. The number of nitrogens with one attached hydrogen (secondary N) is 2. The molecule has 25 heavy (non-hydrogen) atoms. The lowest BCUT2D eigenvalue weighted by molar-refractivity contribution is 0.110. The fourth-order valence-corrected chi connectivity index (χ4v) is 2.06. The van der Waals surface area contributed by atoms with Crippen molar-refractivity contribution >= 4 is 29.9 Å². The van der Waals surface area contributed by atoms with Crippen LogP contribution in [0.3, 0.4) is 0 Å². The fourth-order valence-electron chi connectivity index (χ4n) is 2.06. The third kappa shape index (κ3) is 10.5. The fraction of sp³-hybridized carbons (Fsp3) is 0.611. The van der Waals surface area contributed by atoms with Gasteiger partial charge in [-0.05, 0) is 38.8 Å². The topological polar surface area (TPSA) is 54.9 Å². The highest BCUT2D eigenvalue weighted by atomic mass is 127. The molecule has 0 aliphatic rings. The Balaban J connectivity index is 0.00000576. The van der Waals surface area contributed by atoms with Gasteiger partial charge < -0.3 is 20.1 Å². The van der Waals surface area contributed by atoms with E-state index in [4.69, 9.17) is 9.47 Å². The van der Waals surface area contributed by atoms with Gasteiger partial charge in [-0.25, -0.2) is 4.99 Å². The Labute approximate surface area is 167 Å². The molecule has 1 rings (SSSR count). The molecule has 0 unspecified atom stereocenters. The first-order valence-electron chi connectivity index (χ1n) is 8.59. The van der Waals surface area contributed by atoms with Crippen LogP contribution in [0.5, 0.6) is 5.75 Å². The summed E-state index contributed by atoms with van der Waals surface area (Å²) in [4.78, 5) is 4.55. The minimum atomic E-state index is -0.331. The lowest BCUT2D eigenvalue weighted by atomic mass is 10.1. The standard InChI is InChI=1S/C18H30FN3O2.HI/c1-4-20-18(21-10-6-9-19)22-14-16-8-7-15(3)13-17(16)24-12-11-23-5-2;/h7-8,13H,4-6,9-12,14H2,1-3H3,(H2,20,21,22);1H. The Morgan fingerprint density at radius 3 is 2.68 bits per heavy atom. The van der Waals surface area contributed by atoms with Crippen LogP contribution in [-0.2, 0) is 11.3 Å². The lowest BCUT2D eigenvalue weighted by Crippen LogP contribution is -2.37. The summed E-state index contributed by atoms with van der Waals surface area (Å²) in [5.74, 6) is 1.52. The lowest BCUT2D eigenvalue weighted by Gasteiger charge is -2.13. The quantitative estimate of drug-likeness (QED) is 0.227. The maximum Gasteiger partial charge on any atom is 0.191 e. The highest BCUT2D eigenvalue weighted by Crippen LogP contribution is 2.21. The Hall–Kier alpha value is -1.09. The third-order valence-corrected chi connectivity index (χ3v) is 3.27. The molecular formula is C18H31FIN3O2. The van der Waals surface area contributed by atoms with E-state index in [1.807, 2.05) is 39.0 Å². The molecule has 0 aromatic heterocycles. The van der Waals surface area contributed by atoms with Crippen molar-refractivity contribution in [2.75, 3.05) is 39.6 Å². The zero-order chi connectivity index (χ0) is 17.6. The molecule has 2 N–H and O–H groups in total. The van der Waals surface area contributed by atoms with Crippen LogP contribution in [0.2, 0.25) is 0 Å². The normalized spacial score (nSPS) is 11.0. The van der Waals surface area contributed by atoms with Gasteiger partial charge in [0, 0.05) is 25.3 Å². The van der Waals surface area contributed by atoms with Crippen LogP contribution in [-0.4, -0.2) is 45.5 Å². The number of hydrogen-bond acceptors (Lipinski definition) is 3. The van der Waals surface area contributed by atoms with Gasteiger partial charge >= 0.3 is 0 Å². The number of guanidine groups is 1. The Morgan fingerprint density at radius 2 is 2.00 bits per heavy atom. The van der Waals surface area contributed by atoms with Gasteiger partial charge in [-0.2, -0.15) is 0 Å². The number of benzene rings is 1. The van der Waals surface area contributed by atoms with Gasteiger partial charge in [-0.15, -0.1) is 24.0 Å². The predicted molar refractivity (Wildman–Crippen MR) is 112 cm³/mol. The van der Waals surface area contributed by atoms with Gasteiger partial charge in [0.1, 0.15) is 12.4 Å². The molecule has 0 atom stereocenters. The molecule has 144 valence electrons. The highest BCUT2D eigenvalue weighted by molar-refractivity contribution is 14.0. The first kappa shape index (κ1) is 23.9. The number of hydrogen-bond donors (Lipinski definition) is 2. The van der Waals surface area contributed by atoms with Crippen LogP contribution in [0.1, 0.15) is 31.4 Å². The number of aryl methyl sites for hydroxylation is 1. The smallest absolute Gasteiger partial charge is 0.191 e. The van der Waals surface area contributed by atoms with E-state index in [-0.39, 0.29) is 30.7 Å². The van der Waals surface area contributed by atoms with E-state index in [9.17, 15) is 4.39 Å². The maximum absolute atomic E-state index is 12.2. The van der Waals surface area contributed by atoms with Gasteiger partial charge in [0.25, 0.3) is 0 Å². The van der Waals surface area contributed by atoms with E-state index >= 15 is 0 Å². The minimum absolute atomic E-state index is 0. The number of aliphatic imine (C=N–C) groups is 1. The van der Waals surface area contributed by atoms with Crippen LogP contribution in [0.25, 0.3) is 0 Å². The molecule has 1 aromatic carbocycles. The molecule has 0 saturated heterocycles. The summed E-state index contributed by atoms with van der Waals surface area (Å²) in [6, 6.07) is 6.09. The third-order valence-electron chi connectivity index (χ3n) is 3.27. The molecule has 0 fully saturated rings. The number of rotatable bonds is 11. The van der Waals surface area contributed by atoms with Crippen molar-refractivity contribution in [1.82, 2.24) is 10.6 Å². The predicted octanol–water partition coefficient (Wildman–Crippen LogP) is 3.44. The van der Waals surface area contributed by atoms with Crippen LogP contribution >= 0.6 is 24.0 Å². The summed E-state index contributed by atoms with van der Waals surface area (Å²) in [6.07, 6.45) is 0.473. The molecular weight excluding hydrogens is 436 g/mol. The molecule has 0 spiro atoms. The average Bonchev–Trinajstić information content (AvgIpc) is 2.58.